The van der Waals surface area contributed by atoms with Gasteiger partial charge in [-0.05, 0) is 43.9 Å². The molecular formula is C16H27NO2. The Labute approximate surface area is 117 Å². The largest absolute Gasteiger partial charge is 0.497 e. The van der Waals surface area contributed by atoms with E-state index >= 15 is 0 Å². The van der Waals surface area contributed by atoms with Crippen LogP contribution in [0, 0.1) is 0 Å². The molecule has 1 rings (SSSR count). The molecule has 0 saturated carbocycles. The standard InChI is InChI=1S/C16H27NO2/c1-5-11-16(18,6-2)17-13(3)12-14-7-9-15(19-4)10-8-14/h7-10,13,17-18H,5-6,11-12H2,1-4H3. The molecule has 108 valence electrons. The summed E-state index contributed by atoms with van der Waals surface area (Å²) in [5.74, 6) is 0.875. The molecule has 19 heavy (non-hydrogen) atoms. The van der Waals surface area contributed by atoms with Gasteiger partial charge in [0.15, 0.2) is 0 Å². The molecule has 1 aromatic carbocycles. The van der Waals surface area contributed by atoms with Crippen molar-refractivity contribution in [3.63, 3.8) is 0 Å². The number of benzene rings is 1. The van der Waals surface area contributed by atoms with Gasteiger partial charge in [-0.25, -0.2) is 0 Å². The molecule has 2 atom stereocenters. The van der Waals surface area contributed by atoms with E-state index < -0.39 is 5.72 Å². The first kappa shape index (κ1) is 16.0. The van der Waals surface area contributed by atoms with Crippen LogP contribution in [0.5, 0.6) is 5.75 Å². The van der Waals surface area contributed by atoms with Crippen molar-refractivity contribution in [2.75, 3.05) is 7.11 Å². The smallest absolute Gasteiger partial charge is 0.118 e. The maximum Gasteiger partial charge on any atom is 0.118 e. The normalized spacial score (nSPS) is 15.8. The van der Waals surface area contributed by atoms with Crippen LogP contribution in [0.4, 0.5) is 0 Å². The van der Waals surface area contributed by atoms with E-state index in [0.29, 0.717) is 0 Å². The quantitative estimate of drug-likeness (QED) is 0.710. The van der Waals surface area contributed by atoms with E-state index in [1.54, 1.807) is 7.11 Å². The van der Waals surface area contributed by atoms with Crippen molar-refractivity contribution in [3.8, 4) is 5.75 Å². The van der Waals surface area contributed by atoms with Gasteiger partial charge in [-0.15, -0.1) is 0 Å². The molecular weight excluding hydrogens is 238 g/mol. The molecule has 1 aromatic rings. The molecule has 0 aliphatic heterocycles. The molecule has 0 fully saturated rings. The molecule has 0 aliphatic carbocycles. The molecule has 0 spiro atoms. The number of hydrogen-bond donors (Lipinski definition) is 2. The summed E-state index contributed by atoms with van der Waals surface area (Å²) in [5.41, 5.74) is 0.511. The Bertz CT molecular complexity index is 364. The minimum atomic E-state index is -0.735. The lowest BCUT2D eigenvalue weighted by Crippen LogP contribution is -2.49. The topological polar surface area (TPSA) is 41.5 Å². The Morgan fingerprint density at radius 3 is 2.37 bits per heavy atom. The van der Waals surface area contributed by atoms with Crippen molar-refractivity contribution < 1.29 is 9.84 Å². The molecule has 0 heterocycles. The third kappa shape index (κ3) is 5.21. The van der Waals surface area contributed by atoms with Crippen LogP contribution in [0.15, 0.2) is 24.3 Å². The Hall–Kier alpha value is -1.06. The molecule has 0 bridgehead atoms. The Kier molecular flexibility index (Phi) is 6.32. The van der Waals surface area contributed by atoms with Gasteiger partial charge in [0, 0.05) is 6.04 Å². The van der Waals surface area contributed by atoms with Crippen LogP contribution in [-0.2, 0) is 6.42 Å². The van der Waals surface area contributed by atoms with E-state index in [1.807, 2.05) is 19.1 Å². The molecule has 0 amide bonds. The van der Waals surface area contributed by atoms with Gasteiger partial charge in [-0.2, -0.15) is 0 Å². The highest BCUT2D eigenvalue weighted by Gasteiger charge is 2.24. The number of rotatable bonds is 8. The summed E-state index contributed by atoms with van der Waals surface area (Å²) in [5, 5.41) is 13.8. The zero-order chi connectivity index (χ0) is 14.3. The van der Waals surface area contributed by atoms with E-state index in [9.17, 15) is 5.11 Å². The minimum Gasteiger partial charge on any atom is -0.497 e. The number of aliphatic hydroxyl groups is 1. The van der Waals surface area contributed by atoms with Crippen molar-refractivity contribution in [3.05, 3.63) is 29.8 Å². The van der Waals surface area contributed by atoms with Gasteiger partial charge in [0.1, 0.15) is 11.5 Å². The van der Waals surface area contributed by atoms with Crippen molar-refractivity contribution in [2.45, 2.75) is 58.2 Å². The fraction of sp³-hybridized carbons (Fsp3) is 0.625. The lowest BCUT2D eigenvalue weighted by Gasteiger charge is -2.31. The van der Waals surface area contributed by atoms with Crippen molar-refractivity contribution in [1.82, 2.24) is 5.32 Å². The minimum absolute atomic E-state index is 0.241. The lowest BCUT2D eigenvalue weighted by molar-refractivity contribution is -0.0162. The van der Waals surface area contributed by atoms with Crippen LogP contribution in [-0.4, -0.2) is 24.0 Å². The van der Waals surface area contributed by atoms with Crippen LogP contribution in [0.1, 0.15) is 45.6 Å². The molecule has 2 N–H and O–H groups in total. The van der Waals surface area contributed by atoms with E-state index in [4.69, 9.17) is 4.74 Å². The van der Waals surface area contributed by atoms with Gasteiger partial charge in [0.2, 0.25) is 0 Å². The fourth-order valence-corrected chi connectivity index (χ4v) is 2.39. The van der Waals surface area contributed by atoms with E-state index in [2.05, 4.69) is 31.3 Å². The van der Waals surface area contributed by atoms with Gasteiger partial charge in [-0.3, -0.25) is 5.32 Å². The SMILES string of the molecule is CCCC(O)(CC)NC(C)Cc1ccc(OC)cc1. The van der Waals surface area contributed by atoms with Crippen molar-refractivity contribution in [2.24, 2.45) is 0 Å². The zero-order valence-electron chi connectivity index (χ0n) is 12.6. The van der Waals surface area contributed by atoms with E-state index in [1.165, 1.54) is 5.56 Å². The highest BCUT2D eigenvalue weighted by molar-refractivity contribution is 5.27. The van der Waals surface area contributed by atoms with Gasteiger partial charge in [0.05, 0.1) is 7.11 Å². The summed E-state index contributed by atoms with van der Waals surface area (Å²) in [7, 11) is 1.67. The summed E-state index contributed by atoms with van der Waals surface area (Å²) in [6, 6.07) is 8.33. The van der Waals surface area contributed by atoms with Crippen LogP contribution < -0.4 is 10.1 Å². The van der Waals surface area contributed by atoms with Crippen LogP contribution >= 0.6 is 0 Å². The Balaban J connectivity index is 2.55. The molecule has 3 nitrogen and oxygen atoms in total. The summed E-state index contributed by atoms with van der Waals surface area (Å²) < 4.78 is 5.15. The van der Waals surface area contributed by atoms with E-state index in [0.717, 1.165) is 31.4 Å². The Morgan fingerprint density at radius 2 is 1.89 bits per heavy atom. The number of nitrogens with one attached hydrogen (secondary N) is 1. The number of methoxy groups -OCH3 is 1. The van der Waals surface area contributed by atoms with Gasteiger partial charge < -0.3 is 9.84 Å². The lowest BCUT2D eigenvalue weighted by atomic mass is 10.0. The van der Waals surface area contributed by atoms with Gasteiger partial charge in [0.25, 0.3) is 0 Å². The molecule has 3 heteroatoms. The third-order valence-electron chi connectivity index (χ3n) is 3.46. The second kappa shape index (κ2) is 7.51. The zero-order valence-corrected chi connectivity index (χ0v) is 12.6. The first-order chi connectivity index (χ1) is 9.03. The van der Waals surface area contributed by atoms with Gasteiger partial charge in [-0.1, -0.05) is 32.4 Å². The monoisotopic (exact) mass is 265 g/mol. The fourth-order valence-electron chi connectivity index (χ4n) is 2.39. The summed E-state index contributed by atoms with van der Waals surface area (Å²) in [6.45, 7) is 6.22. The predicted octanol–water partition coefficient (Wildman–Crippen LogP) is 3.11. The molecule has 0 saturated heterocycles. The summed E-state index contributed by atoms with van der Waals surface area (Å²) in [6.07, 6.45) is 3.40. The second-order valence-electron chi connectivity index (χ2n) is 5.23. The third-order valence-corrected chi connectivity index (χ3v) is 3.46. The average molecular weight is 265 g/mol. The highest BCUT2D eigenvalue weighted by atomic mass is 16.5. The van der Waals surface area contributed by atoms with Crippen molar-refractivity contribution in [1.29, 1.82) is 0 Å². The van der Waals surface area contributed by atoms with Crippen LogP contribution in [0.3, 0.4) is 0 Å². The second-order valence-corrected chi connectivity index (χ2v) is 5.23. The first-order valence-corrected chi connectivity index (χ1v) is 7.16. The summed E-state index contributed by atoms with van der Waals surface area (Å²) in [4.78, 5) is 0. The van der Waals surface area contributed by atoms with Crippen molar-refractivity contribution >= 4 is 0 Å². The maximum atomic E-state index is 10.4. The van der Waals surface area contributed by atoms with Crippen LogP contribution in [0.25, 0.3) is 0 Å². The summed E-state index contributed by atoms with van der Waals surface area (Å²) >= 11 is 0. The highest BCUT2D eigenvalue weighted by Crippen LogP contribution is 2.17. The first-order valence-electron chi connectivity index (χ1n) is 7.16. The maximum absolute atomic E-state index is 10.4. The van der Waals surface area contributed by atoms with Gasteiger partial charge >= 0.3 is 0 Å². The average Bonchev–Trinajstić information content (AvgIpc) is 2.39. The number of hydrogen-bond acceptors (Lipinski definition) is 3. The number of ether oxygens (including phenoxy) is 1. The Morgan fingerprint density at radius 1 is 1.26 bits per heavy atom. The van der Waals surface area contributed by atoms with E-state index in [-0.39, 0.29) is 6.04 Å². The molecule has 0 radical (unpaired) electrons. The molecule has 0 aliphatic rings. The molecule has 0 aromatic heterocycles. The molecule has 2 unspecified atom stereocenters. The predicted molar refractivity (Wildman–Crippen MR) is 79.4 cm³/mol. The van der Waals surface area contributed by atoms with Crippen LogP contribution in [0.2, 0.25) is 0 Å².